The van der Waals surface area contributed by atoms with E-state index in [1.54, 1.807) is 0 Å². The van der Waals surface area contributed by atoms with E-state index in [0.29, 0.717) is 0 Å². The molecule has 0 aliphatic carbocycles. The Morgan fingerprint density at radius 2 is 1.57 bits per heavy atom. The van der Waals surface area contributed by atoms with Gasteiger partial charge in [-0.05, 0) is 48.6 Å². The van der Waals surface area contributed by atoms with Gasteiger partial charge in [0.2, 0.25) is 0 Å². The summed E-state index contributed by atoms with van der Waals surface area (Å²) in [6, 6.07) is 6.75. The second-order valence-electron chi connectivity index (χ2n) is 4.39. The lowest BCUT2D eigenvalue weighted by Gasteiger charge is -2.16. The molecule has 9 heteroatoms. The van der Waals surface area contributed by atoms with Gasteiger partial charge >= 0.3 is 6.18 Å². The summed E-state index contributed by atoms with van der Waals surface area (Å²) in [6.07, 6.45) is -4.60. The van der Waals surface area contributed by atoms with E-state index < -0.39 is 17.6 Å². The Balaban J connectivity index is 2.21. The molecule has 2 aromatic rings. The lowest BCUT2D eigenvalue weighted by atomic mass is 10.1. The van der Waals surface area contributed by atoms with Crippen LogP contribution in [0.5, 0.6) is 0 Å². The summed E-state index contributed by atoms with van der Waals surface area (Å²) in [5.41, 5.74) is -0.968. The molecule has 0 aliphatic rings. The van der Waals surface area contributed by atoms with Crippen LogP contribution in [0.15, 0.2) is 36.4 Å². The molecule has 0 spiro atoms. The van der Waals surface area contributed by atoms with Gasteiger partial charge in [-0.1, -0.05) is 23.2 Å². The Morgan fingerprint density at radius 1 is 0.957 bits per heavy atom. The van der Waals surface area contributed by atoms with Gasteiger partial charge in [-0.25, -0.2) is 4.39 Å². The van der Waals surface area contributed by atoms with Gasteiger partial charge in [0.25, 0.3) is 0 Å². The van der Waals surface area contributed by atoms with Crippen LogP contribution in [0.3, 0.4) is 0 Å². The SMILES string of the molecule is Fc1ccc(NC(=S)Nc2ccc(Cl)cc2C(F)(F)F)c(Cl)c1. The summed E-state index contributed by atoms with van der Waals surface area (Å²) in [4.78, 5) is 0. The standard InChI is InChI=1S/C14H8Cl2F4N2S/c15-7-1-3-11(9(5-7)14(18,19)20)21-13(23)22-12-4-2-8(17)6-10(12)16/h1-6H,(H2,21,22,23). The van der Waals surface area contributed by atoms with Gasteiger partial charge in [0.05, 0.1) is 22.0 Å². The average Bonchev–Trinajstić information content (AvgIpc) is 2.43. The van der Waals surface area contributed by atoms with Crippen molar-refractivity contribution in [2.24, 2.45) is 0 Å². The van der Waals surface area contributed by atoms with Crippen molar-refractivity contribution in [3.8, 4) is 0 Å². The molecule has 0 atom stereocenters. The Hall–Kier alpha value is -1.57. The van der Waals surface area contributed by atoms with Crippen LogP contribution < -0.4 is 10.6 Å². The van der Waals surface area contributed by atoms with Crippen molar-refractivity contribution in [2.75, 3.05) is 10.6 Å². The molecule has 2 rings (SSSR count). The van der Waals surface area contributed by atoms with Crippen molar-refractivity contribution in [3.05, 3.63) is 57.8 Å². The molecular formula is C14H8Cl2F4N2S. The minimum atomic E-state index is -4.60. The van der Waals surface area contributed by atoms with E-state index in [-0.39, 0.29) is 26.5 Å². The first-order valence-corrected chi connectivity index (χ1v) is 7.23. The van der Waals surface area contributed by atoms with Gasteiger partial charge in [0, 0.05) is 5.02 Å². The Bertz CT molecular complexity index is 750. The molecule has 0 saturated carbocycles. The summed E-state index contributed by atoms with van der Waals surface area (Å²) >= 11 is 16.4. The predicted molar refractivity (Wildman–Crippen MR) is 87.7 cm³/mol. The van der Waals surface area contributed by atoms with Crippen LogP contribution in [0.25, 0.3) is 0 Å². The molecule has 0 fully saturated rings. The molecule has 2 aromatic carbocycles. The summed E-state index contributed by atoms with van der Waals surface area (Å²) in [6.45, 7) is 0. The van der Waals surface area contributed by atoms with E-state index in [0.717, 1.165) is 24.3 Å². The molecule has 0 aliphatic heterocycles. The van der Waals surface area contributed by atoms with E-state index in [4.69, 9.17) is 35.4 Å². The van der Waals surface area contributed by atoms with Gasteiger partial charge in [-0.15, -0.1) is 0 Å². The van der Waals surface area contributed by atoms with Crippen LogP contribution in [0.2, 0.25) is 10.0 Å². The molecule has 0 aromatic heterocycles. The maximum atomic E-state index is 13.0. The highest BCUT2D eigenvalue weighted by molar-refractivity contribution is 7.80. The topological polar surface area (TPSA) is 24.1 Å². The number of rotatable bonds is 2. The Labute approximate surface area is 144 Å². The highest BCUT2D eigenvalue weighted by atomic mass is 35.5. The fourth-order valence-corrected chi connectivity index (χ4v) is 2.33. The van der Waals surface area contributed by atoms with E-state index in [1.807, 2.05) is 0 Å². The fraction of sp³-hybridized carbons (Fsp3) is 0.0714. The van der Waals surface area contributed by atoms with Crippen molar-refractivity contribution in [1.29, 1.82) is 0 Å². The smallest absolute Gasteiger partial charge is 0.332 e. The zero-order chi connectivity index (χ0) is 17.2. The van der Waals surface area contributed by atoms with E-state index in [2.05, 4.69) is 10.6 Å². The zero-order valence-corrected chi connectivity index (χ0v) is 13.5. The minimum Gasteiger partial charge on any atom is -0.332 e. The molecular weight excluding hydrogens is 375 g/mol. The lowest BCUT2D eigenvalue weighted by Crippen LogP contribution is -2.21. The number of halogens is 6. The monoisotopic (exact) mass is 382 g/mol. The molecule has 0 unspecified atom stereocenters. The summed E-state index contributed by atoms with van der Waals surface area (Å²) < 4.78 is 51.9. The van der Waals surface area contributed by atoms with Crippen LogP contribution in [-0.2, 0) is 6.18 Å². The van der Waals surface area contributed by atoms with Crippen LogP contribution in [0, 0.1) is 5.82 Å². The lowest BCUT2D eigenvalue weighted by molar-refractivity contribution is -0.136. The van der Waals surface area contributed by atoms with E-state index in [9.17, 15) is 17.6 Å². The molecule has 23 heavy (non-hydrogen) atoms. The number of hydrogen-bond acceptors (Lipinski definition) is 1. The van der Waals surface area contributed by atoms with Gasteiger partial charge in [0.15, 0.2) is 5.11 Å². The minimum absolute atomic E-state index is 0.0429. The average molecular weight is 383 g/mol. The number of hydrogen-bond donors (Lipinski definition) is 2. The van der Waals surface area contributed by atoms with Crippen LogP contribution in [0.4, 0.5) is 28.9 Å². The third-order valence-corrected chi connectivity index (χ3v) is 3.47. The third kappa shape index (κ3) is 4.70. The van der Waals surface area contributed by atoms with Crippen molar-refractivity contribution < 1.29 is 17.6 Å². The molecule has 0 bridgehead atoms. The van der Waals surface area contributed by atoms with Gasteiger partial charge in [-0.2, -0.15) is 13.2 Å². The largest absolute Gasteiger partial charge is 0.418 e. The molecule has 122 valence electrons. The first kappa shape index (κ1) is 17.8. The first-order valence-electron chi connectivity index (χ1n) is 6.06. The molecule has 0 saturated heterocycles. The number of benzene rings is 2. The number of thiocarbonyl (C=S) groups is 1. The highest BCUT2D eigenvalue weighted by Crippen LogP contribution is 2.36. The van der Waals surface area contributed by atoms with Crippen LogP contribution >= 0.6 is 35.4 Å². The normalized spacial score (nSPS) is 11.2. The Morgan fingerprint density at radius 3 is 2.17 bits per heavy atom. The summed E-state index contributed by atoms with van der Waals surface area (Å²) in [5, 5.41) is 4.88. The van der Waals surface area contributed by atoms with Gasteiger partial charge in [0.1, 0.15) is 5.82 Å². The van der Waals surface area contributed by atoms with Crippen molar-refractivity contribution in [2.45, 2.75) is 6.18 Å². The summed E-state index contributed by atoms with van der Waals surface area (Å²) in [5.74, 6) is -0.545. The first-order chi connectivity index (χ1) is 10.7. The second kappa shape index (κ2) is 6.90. The Kier molecular flexibility index (Phi) is 5.33. The molecule has 0 radical (unpaired) electrons. The highest BCUT2D eigenvalue weighted by Gasteiger charge is 2.34. The maximum absolute atomic E-state index is 13.0. The maximum Gasteiger partial charge on any atom is 0.418 e. The van der Waals surface area contributed by atoms with E-state index >= 15 is 0 Å². The fourth-order valence-electron chi connectivity index (χ4n) is 1.73. The van der Waals surface area contributed by atoms with Gasteiger partial charge in [-0.3, -0.25) is 0 Å². The number of alkyl halides is 3. The zero-order valence-electron chi connectivity index (χ0n) is 11.1. The predicted octanol–water partition coefficient (Wildman–Crippen LogP) is 5.96. The number of nitrogens with one attached hydrogen (secondary N) is 2. The van der Waals surface area contributed by atoms with E-state index in [1.165, 1.54) is 12.1 Å². The molecule has 2 N–H and O–H groups in total. The molecule has 2 nitrogen and oxygen atoms in total. The second-order valence-corrected chi connectivity index (χ2v) is 5.64. The number of anilines is 2. The van der Waals surface area contributed by atoms with Gasteiger partial charge < -0.3 is 10.6 Å². The van der Waals surface area contributed by atoms with Crippen molar-refractivity contribution in [1.82, 2.24) is 0 Å². The van der Waals surface area contributed by atoms with Crippen molar-refractivity contribution >= 4 is 51.9 Å². The van der Waals surface area contributed by atoms with Crippen molar-refractivity contribution in [3.63, 3.8) is 0 Å². The molecule has 0 heterocycles. The summed E-state index contributed by atoms with van der Waals surface area (Å²) in [7, 11) is 0. The quantitative estimate of drug-likeness (QED) is 0.494. The van der Waals surface area contributed by atoms with Crippen LogP contribution in [0.1, 0.15) is 5.56 Å². The van der Waals surface area contributed by atoms with Crippen LogP contribution in [-0.4, -0.2) is 5.11 Å². The third-order valence-electron chi connectivity index (χ3n) is 2.71. The molecule has 0 amide bonds.